The Bertz CT molecular complexity index is 1370. The van der Waals surface area contributed by atoms with Crippen molar-refractivity contribution in [3.05, 3.63) is 130 Å². The van der Waals surface area contributed by atoms with Crippen LogP contribution >= 0.6 is 0 Å². The summed E-state index contributed by atoms with van der Waals surface area (Å²) in [4.78, 5) is 0. The summed E-state index contributed by atoms with van der Waals surface area (Å²) in [6, 6.07) is 22.8. The lowest BCUT2D eigenvalue weighted by molar-refractivity contribution is 0.658. The molecule has 5 rings (SSSR count). The van der Waals surface area contributed by atoms with E-state index < -0.39 is 0 Å². The lowest BCUT2D eigenvalue weighted by Crippen LogP contribution is -2.16. The molecule has 0 nitrogen and oxygen atoms in total. The van der Waals surface area contributed by atoms with Gasteiger partial charge < -0.3 is 0 Å². The van der Waals surface area contributed by atoms with Crippen LogP contribution in [0.5, 0.6) is 0 Å². The molecule has 1 atom stereocenters. The van der Waals surface area contributed by atoms with Crippen molar-refractivity contribution in [3.63, 3.8) is 0 Å². The Labute approximate surface area is 198 Å². The molecule has 0 fully saturated rings. The molecule has 0 heterocycles. The van der Waals surface area contributed by atoms with E-state index in [9.17, 15) is 0 Å². The topological polar surface area (TPSA) is 0 Å². The number of rotatable bonds is 4. The first-order valence-corrected chi connectivity index (χ1v) is 12.0. The zero-order chi connectivity index (χ0) is 23.2. The third-order valence-corrected chi connectivity index (χ3v) is 7.44. The van der Waals surface area contributed by atoms with Crippen LogP contribution in [0.2, 0.25) is 0 Å². The molecule has 0 spiro atoms. The van der Waals surface area contributed by atoms with Gasteiger partial charge in [0.2, 0.25) is 0 Å². The smallest absolute Gasteiger partial charge is 0.0316 e. The Morgan fingerprint density at radius 1 is 0.879 bits per heavy atom. The average Bonchev–Trinajstić information content (AvgIpc) is 3.04. The van der Waals surface area contributed by atoms with Gasteiger partial charge in [-0.3, -0.25) is 0 Å². The van der Waals surface area contributed by atoms with E-state index in [-0.39, 0.29) is 11.3 Å². The van der Waals surface area contributed by atoms with Gasteiger partial charge in [-0.2, -0.15) is 0 Å². The maximum absolute atomic E-state index is 3.50. The maximum atomic E-state index is 3.50. The highest BCUT2D eigenvalue weighted by atomic mass is 14.4. The fraction of sp³-hybridized carbons (Fsp3) is 0.242. The Morgan fingerprint density at radius 3 is 2.36 bits per heavy atom. The van der Waals surface area contributed by atoms with E-state index in [0.29, 0.717) is 0 Å². The molecule has 0 radical (unpaired) electrons. The molecule has 0 heteroatoms. The van der Waals surface area contributed by atoms with E-state index >= 15 is 0 Å². The zero-order valence-electron chi connectivity index (χ0n) is 20.4. The van der Waals surface area contributed by atoms with Crippen LogP contribution < -0.4 is 0 Å². The molecule has 3 aromatic rings. The van der Waals surface area contributed by atoms with Gasteiger partial charge in [-0.15, -0.1) is 5.73 Å². The maximum Gasteiger partial charge on any atom is 0.0316 e. The van der Waals surface area contributed by atoms with Crippen molar-refractivity contribution in [1.29, 1.82) is 0 Å². The second-order valence-electron chi connectivity index (χ2n) is 9.96. The molecule has 3 aromatic carbocycles. The van der Waals surface area contributed by atoms with Gasteiger partial charge in [0.1, 0.15) is 0 Å². The van der Waals surface area contributed by atoms with Gasteiger partial charge in [0.25, 0.3) is 0 Å². The molecule has 1 unspecified atom stereocenters. The average molecular weight is 429 g/mol. The van der Waals surface area contributed by atoms with Crippen molar-refractivity contribution in [2.24, 2.45) is 0 Å². The Hall–Kier alpha value is -3.34. The van der Waals surface area contributed by atoms with Gasteiger partial charge in [0.05, 0.1) is 0 Å². The fourth-order valence-electron chi connectivity index (χ4n) is 5.56. The van der Waals surface area contributed by atoms with Crippen LogP contribution in [-0.2, 0) is 5.41 Å². The summed E-state index contributed by atoms with van der Waals surface area (Å²) >= 11 is 0. The van der Waals surface area contributed by atoms with Crippen molar-refractivity contribution >= 4 is 5.57 Å². The van der Waals surface area contributed by atoms with E-state index in [4.69, 9.17) is 0 Å². The number of aryl methyl sites for hydroxylation is 2. The van der Waals surface area contributed by atoms with Crippen LogP contribution in [0.3, 0.4) is 0 Å². The third-order valence-electron chi connectivity index (χ3n) is 7.44. The standard InChI is InChI=1S/C33H32/c1-6-7-12-28-26(14-10-15-27(28)25-13-9-8-11-23(25)3)24-17-19-30-29-18-16-22(2)20-31(29)33(4,5)32(30)21-24/h6-9,11,13-21,26H,12H2,1-5H3/b7-6+. The SMILES string of the molecule is C/C=C/CC1=C(c2ccccc2C)C=C=CC1c1ccc2c(c1)C(C)(C)c1cc(C)ccc1-2. The number of benzene rings is 3. The van der Waals surface area contributed by atoms with Gasteiger partial charge in [-0.25, -0.2) is 0 Å². The fourth-order valence-corrected chi connectivity index (χ4v) is 5.56. The molecule has 0 bridgehead atoms. The predicted octanol–water partition coefficient (Wildman–Crippen LogP) is 8.84. The lowest BCUT2D eigenvalue weighted by atomic mass is 9.77. The summed E-state index contributed by atoms with van der Waals surface area (Å²) in [5.41, 5.74) is 17.2. The van der Waals surface area contributed by atoms with E-state index in [1.165, 1.54) is 55.7 Å². The molecule has 33 heavy (non-hydrogen) atoms. The predicted molar refractivity (Wildman–Crippen MR) is 142 cm³/mol. The first-order chi connectivity index (χ1) is 15.9. The lowest BCUT2D eigenvalue weighted by Gasteiger charge is -2.26. The minimum absolute atomic E-state index is 0.00691. The molecule has 0 aliphatic heterocycles. The van der Waals surface area contributed by atoms with E-state index in [0.717, 1.165) is 6.42 Å². The van der Waals surface area contributed by atoms with E-state index in [1.54, 1.807) is 0 Å². The second kappa shape index (κ2) is 8.22. The van der Waals surface area contributed by atoms with E-state index in [1.807, 2.05) is 0 Å². The number of hydrogen-bond donors (Lipinski definition) is 0. The Balaban J connectivity index is 1.66. The van der Waals surface area contributed by atoms with Crippen molar-refractivity contribution in [3.8, 4) is 11.1 Å². The molecular formula is C33H32. The number of allylic oxidation sites excluding steroid dienone is 5. The summed E-state index contributed by atoms with van der Waals surface area (Å²) in [5, 5.41) is 0. The van der Waals surface area contributed by atoms with Crippen LogP contribution in [0.1, 0.15) is 66.5 Å². The van der Waals surface area contributed by atoms with Gasteiger partial charge in [-0.05, 0) is 89.4 Å². The summed E-state index contributed by atoms with van der Waals surface area (Å²) < 4.78 is 0. The molecule has 0 N–H and O–H groups in total. The first kappa shape index (κ1) is 21.5. The summed E-state index contributed by atoms with van der Waals surface area (Å²) in [7, 11) is 0. The minimum Gasteiger partial charge on any atom is -0.124 e. The first-order valence-electron chi connectivity index (χ1n) is 12.0. The van der Waals surface area contributed by atoms with Crippen LogP contribution in [-0.4, -0.2) is 0 Å². The van der Waals surface area contributed by atoms with Crippen LogP contribution in [0, 0.1) is 13.8 Å². The molecule has 164 valence electrons. The minimum atomic E-state index is 0.00691. The molecule has 0 aromatic heterocycles. The number of fused-ring (bicyclic) bond motifs is 3. The van der Waals surface area contributed by atoms with Crippen molar-refractivity contribution in [2.45, 2.75) is 52.4 Å². The highest BCUT2D eigenvalue weighted by Crippen LogP contribution is 2.50. The van der Waals surface area contributed by atoms with Crippen molar-refractivity contribution in [1.82, 2.24) is 0 Å². The molecular weight excluding hydrogens is 396 g/mol. The molecule has 0 amide bonds. The van der Waals surface area contributed by atoms with Gasteiger partial charge in [0, 0.05) is 11.3 Å². The summed E-state index contributed by atoms with van der Waals surface area (Å²) in [6.45, 7) is 11.2. The molecule has 0 saturated carbocycles. The van der Waals surface area contributed by atoms with E-state index in [2.05, 4.69) is 125 Å². The monoisotopic (exact) mass is 428 g/mol. The Morgan fingerprint density at radius 2 is 1.61 bits per heavy atom. The number of hydrogen-bond acceptors (Lipinski definition) is 0. The second-order valence-corrected chi connectivity index (χ2v) is 9.96. The molecule has 0 saturated heterocycles. The van der Waals surface area contributed by atoms with Crippen LogP contribution in [0.4, 0.5) is 0 Å². The zero-order valence-corrected chi connectivity index (χ0v) is 20.4. The van der Waals surface area contributed by atoms with Crippen molar-refractivity contribution in [2.75, 3.05) is 0 Å². The van der Waals surface area contributed by atoms with Gasteiger partial charge in [0.15, 0.2) is 0 Å². The quantitative estimate of drug-likeness (QED) is 0.287. The largest absolute Gasteiger partial charge is 0.124 e. The summed E-state index contributed by atoms with van der Waals surface area (Å²) in [5.74, 6) is 0.229. The van der Waals surface area contributed by atoms with Crippen LogP contribution in [0.25, 0.3) is 16.7 Å². The molecule has 2 aliphatic carbocycles. The van der Waals surface area contributed by atoms with Crippen LogP contribution in [0.15, 0.2) is 96.3 Å². The van der Waals surface area contributed by atoms with Crippen molar-refractivity contribution < 1.29 is 0 Å². The highest BCUT2D eigenvalue weighted by Gasteiger charge is 2.36. The summed E-state index contributed by atoms with van der Waals surface area (Å²) in [6.07, 6.45) is 9.81. The highest BCUT2D eigenvalue weighted by molar-refractivity contribution is 5.83. The van der Waals surface area contributed by atoms with Gasteiger partial charge >= 0.3 is 0 Å². The molecule has 2 aliphatic rings. The normalized spacial score (nSPS) is 18.2. The van der Waals surface area contributed by atoms with Gasteiger partial charge in [-0.1, -0.05) is 92.2 Å². The Kier molecular flexibility index (Phi) is 5.35. The third kappa shape index (κ3) is 3.56.